The van der Waals surface area contributed by atoms with E-state index in [0.717, 1.165) is 18.4 Å². The Morgan fingerprint density at radius 3 is 2.92 bits per heavy atom. The highest BCUT2D eigenvalue weighted by molar-refractivity contribution is 5.88. The molecule has 0 bridgehead atoms. The second kappa shape index (κ2) is 7.29. The van der Waals surface area contributed by atoms with Gasteiger partial charge >= 0.3 is 0 Å². The van der Waals surface area contributed by atoms with Gasteiger partial charge in [0.2, 0.25) is 17.7 Å². The lowest BCUT2D eigenvalue weighted by Gasteiger charge is -2.14. The Morgan fingerprint density at radius 1 is 1.33 bits per heavy atom. The molecule has 1 aromatic carbocycles. The van der Waals surface area contributed by atoms with Gasteiger partial charge in [-0.1, -0.05) is 18.2 Å². The molecule has 2 heterocycles. The monoisotopic (exact) mass is 327 g/mol. The van der Waals surface area contributed by atoms with Crippen LogP contribution in [0.4, 0.5) is 0 Å². The molecule has 0 saturated carbocycles. The van der Waals surface area contributed by atoms with Crippen molar-refractivity contribution < 1.29 is 14.0 Å². The number of hydrogen-bond acceptors (Lipinski definition) is 4. The molecular formula is C18H21N3O3. The maximum absolute atomic E-state index is 12.3. The van der Waals surface area contributed by atoms with Crippen molar-refractivity contribution in [3.05, 3.63) is 41.8 Å². The molecule has 6 nitrogen and oxygen atoms in total. The zero-order valence-electron chi connectivity index (χ0n) is 13.7. The highest BCUT2D eigenvalue weighted by Crippen LogP contribution is 2.21. The minimum Gasteiger partial charge on any atom is -0.441 e. The Bertz CT molecular complexity index is 724. The lowest BCUT2D eigenvalue weighted by atomic mass is 10.1. The fourth-order valence-electron chi connectivity index (χ4n) is 2.77. The van der Waals surface area contributed by atoms with Crippen molar-refractivity contribution in [1.82, 2.24) is 15.6 Å². The van der Waals surface area contributed by atoms with Crippen LogP contribution in [-0.4, -0.2) is 29.4 Å². The van der Waals surface area contributed by atoms with Gasteiger partial charge in [0.15, 0.2) is 0 Å². The van der Waals surface area contributed by atoms with Crippen LogP contribution >= 0.6 is 0 Å². The molecule has 3 rings (SSSR count). The first kappa shape index (κ1) is 16.2. The van der Waals surface area contributed by atoms with Crippen LogP contribution in [-0.2, 0) is 16.0 Å². The Labute approximate surface area is 140 Å². The van der Waals surface area contributed by atoms with Crippen molar-refractivity contribution in [3.63, 3.8) is 0 Å². The molecule has 2 aromatic rings. The largest absolute Gasteiger partial charge is 0.441 e. The van der Waals surface area contributed by atoms with Crippen molar-refractivity contribution in [2.75, 3.05) is 6.54 Å². The fourth-order valence-corrected chi connectivity index (χ4v) is 2.77. The number of nitrogens with zero attached hydrogens (tertiary/aromatic N) is 1. The van der Waals surface area contributed by atoms with Crippen molar-refractivity contribution in [2.24, 2.45) is 0 Å². The van der Waals surface area contributed by atoms with Gasteiger partial charge in [0.25, 0.3) is 0 Å². The first-order chi connectivity index (χ1) is 11.6. The van der Waals surface area contributed by atoms with E-state index in [9.17, 15) is 9.59 Å². The Morgan fingerprint density at radius 2 is 2.12 bits per heavy atom. The molecule has 126 valence electrons. The third kappa shape index (κ3) is 3.82. The Hall–Kier alpha value is -2.63. The van der Waals surface area contributed by atoms with Gasteiger partial charge in [0, 0.05) is 12.1 Å². The molecule has 0 radical (unpaired) electrons. The molecule has 0 aliphatic carbocycles. The van der Waals surface area contributed by atoms with E-state index in [-0.39, 0.29) is 18.2 Å². The van der Waals surface area contributed by atoms with E-state index in [1.165, 1.54) is 0 Å². The van der Waals surface area contributed by atoms with Gasteiger partial charge < -0.3 is 15.1 Å². The SMILES string of the molecule is Cc1oc(-c2ccccc2)nc1CC(=O)N[C@@H]1CCCCNC1=O. The van der Waals surface area contributed by atoms with Gasteiger partial charge in [0.1, 0.15) is 11.8 Å². The highest BCUT2D eigenvalue weighted by atomic mass is 16.4. The third-order valence-corrected chi connectivity index (χ3v) is 4.11. The van der Waals surface area contributed by atoms with Gasteiger partial charge in [-0.15, -0.1) is 0 Å². The number of hydrogen-bond donors (Lipinski definition) is 2. The topological polar surface area (TPSA) is 84.2 Å². The first-order valence-electron chi connectivity index (χ1n) is 8.22. The summed E-state index contributed by atoms with van der Waals surface area (Å²) in [6, 6.07) is 9.10. The summed E-state index contributed by atoms with van der Waals surface area (Å²) >= 11 is 0. The highest BCUT2D eigenvalue weighted by Gasteiger charge is 2.23. The summed E-state index contributed by atoms with van der Waals surface area (Å²) in [7, 11) is 0. The summed E-state index contributed by atoms with van der Waals surface area (Å²) in [4.78, 5) is 28.6. The number of carbonyl (C=O) groups is 2. The van der Waals surface area contributed by atoms with E-state index in [0.29, 0.717) is 30.3 Å². The zero-order chi connectivity index (χ0) is 16.9. The van der Waals surface area contributed by atoms with Gasteiger partial charge in [-0.3, -0.25) is 9.59 Å². The molecule has 1 saturated heterocycles. The van der Waals surface area contributed by atoms with Gasteiger partial charge in [-0.25, -0.2) is 4.98 Å². The number of carbonyl (C=O) groups excluding carboxylic acids is 2. The minimum atomic E-state index is -0.458. The summed E-state index contributed by atoms with van der Waals surface area (Å²) in [5, 5.41) is 5.61. The average molecular weight is 327 g/mol. The number of nitrogens with one attached hydrogen (secondary N) is 2. The minimum absolute atomic E-state index is 0.103. The molecule has 24 heavy (non-hydrogen) atoms. The molecule has 1 atom stereocenters. The number of aryl methyl sites for hydroxylation is 1. The third-order valence-electron chi connectivity index (χ3n) is 4.11. The molecule has 1 aliphatic heterocycles. The molecule has 2 N–H and O–H groups in total. The van der Waals surface area contributed by atoms with E-state index < -0.39 is 6.04 Å². The number of rotatable bonds is 4. The van der Waals surface area contributed by atoms with Crippen LogP contribution in [0.3, 0.4) is 0 Å². The van der Waals surface area contributed by atoms with Crippen LogP contribution in [0.5, 0.6) is 0 Å². The van der Waals surface area contributed by atoms with Crippen LogP contribution in [0.15, 0.2) is 34.7 Å². The lowest BCUT2D eigenvalue weighted by molar-refractivity contribution is -0.128. The van der Waals surface area contributed by atoms with Crippen LogP contribution in [0.1, 0.15) is 30.7 Å². The summed E-state index contributed by atoms with van der Waals surface area (Å²) in [5.41, 5.74) is 1.47. The molecule has 1 aliphatic rings. The molecule has 1 aromatic heterocycles. The van der Waals surface area contributed by atoms with Crippen molar-refractivity contribution in [1.29, 1.82) is 0 Å². The number of oxazole rings is 1. The molecule has 0 spiro atoms. The van der Waals surface area contributed by atoms with E-state index >= 15 is 0 Å². The first-order valence-corrected chi connectivity index (χ1v) is 8.22. The second-order valence-corrected chi connectivity index (χ2v) is 5.97. The smallest absolute Gasteiger partial charge is 0.242 e. The molecule has 2 amide bonds. The quantitative estimate of drug-likeness (QED) is 0.899. The predicted octanol–water partition coefficient (Wildman–Crippen LogP) is 1.98. The van der Waals surface area contributed by atoms with E-state index in [1.54, 1.807) is 6.92 Å². The maximum Gasteiger partial charge on any atom is 0.242 e. The van der Waals surface area contributed by atoms with Gasteiger partial charge in [-0.05, 0) is 38.3 Å². The zero-order valence-corrected chi connectivity index (χ0v) is 13.7. The number of amides is 2. The van der Waals surface area contributed by atoms with Crippen LogP contribution in [0.25, 0.3) is 11.5 Å². The lowest BCUT2D eigenvalue weighted by Crippen LogP contribution is -2.46. The van der Waals surface area contributed by atoms with E-state index in [1.807, 2.05) is 30.3 Å². The van der Waals surface area contributed by atoms with Gasteiger partial charge in [-0.2, -0.15) is 0 Å². The standard InChI is InChI=1S/C18H21N3O3/c1-12-15(21-18(24-12)13-7-3-2-4-8-13)11-16(22)20-14-9-5-6-10-19-17(14)23/h2-4,7-8,14H,5-6,9-11H2,1H3,(H,19,23)(H,20,22)/t14-/m1/s1. The van der Waals surface area contributed by atoms with Crippen molar-refractivity contribution >= 4 is 11.8 Å². The summed E-state index contributed by atoms with van der Waals surface area (Å²) < 4.78 is 5.66. The molecule has 1 fully saturated rings. The summed E-state index contributed by atoms with van der Waals surface area (Å²) in [5.74, 6) is 0.799. The van der Waals surface area contributed by atoms with Crippen LogP contribution in [0, 0.1) is 6.92 Å². The van der Waals surface area contributed by atoms with Gasteiger partial charge in [0.05, 0.1) is 12.1 Å². The second-order valence-electron chi connectivity index (χ2n) is 5.97. The molecule has 6 heteroatoms. The van der Waals surface area contributed by atoms with Crippen LogP contribution < -0.4 is 10.6 Å². The summed E-state index contributed by atoms with van der Waals surface area (Å²) in [6.07, 6.45) is 2.64. The number of benzene rings is 1. The van der Waals surface area contributed by atoms with Crippen LogP contribution in [0.2, 0.25) is 0 Å². The number of aromatic nitrogens is 1. The average Bonchev–Trinajstić information content (AvgIpc) is 2.82. The van der Waals surface area contributed by atoms with Crippen molar-refractivity contribution in [3.8, 4) is 11.5 Å². The molecule has 0 unspecified atom stereocenters. The van der Waals surface area contributed by atoms with E-state index in [2.05, 4.69) is 15.6 Å². The molecular weight excluding hydrogens is 306 g/mol. The Kier molecular flexibility index (Phi) is 4.93. The fraction of sp³-hybridized carbons (Fsp3) is 0.389. The van der Waals surface area contributed by atoms with E-state index in [4.69, 9.17) is 4.42 Å². The van der Waals surface area contributed by atoms with Crippen molar-refractivity contribution in [2.45, 2.75) is 38.6 Å². The Balaban J connectivity index is 1.66. The normalized spacial score (nSPS) is 17.9. The predicted molar refractivity (Wildman–Crippen MR) is 89.2 cm³/mol. The summed E-state index contributed by atoms with van der Waals surface area (Å²) in [6.45, 7) is 2.47. The maximum atomic E-state index is 12.3.